The van der Waals surface area contributed by atoms with Crippen LogP contribution in [0.1, 0.15) is 29.0 Å². The van der Waals surface area contributed by atoms with Crippen LogP contribution < -0.4 is 4.90 Å². The summed E-state index contributed by atoms with van der Waals surface area (Å²) >= 11 is 1.84. The molecule has 0 saturated carbocycles. The largest absolute Gasteiger partial charge is 0.467 e. The van der Waals surface area contributed by atoms with Crippen molar-refractivity contribution in [2.24, 2.45) is 0 Å². The lowest BCUT2D eigenvalue weighted by atomic mass is 9.97. The first kappa shape index (κ1) is 12.8. The molecule has 3 aromatic heterocycles. The zero-order valence-corrected chi connectivity index (χ0v) is 12.8. The van der Waals surface area contributed by atoms with Gasteiger partial charge in [-0.1, -0.05) is 0 Å². The van der Waals surface area contributed by atoms with Crippen LogP contribution in [0.2, 0.25) is 0 Å². The number of hydrogen-bond acceptors (Lipinski definition) is 5. The Hall–Kier alpha value is -1.88. The highest BCUT2D eigenvalue weighted by Crippen LogP contribution is 2.39. The van der Waals surface area contributed by atoms with Crippen molar-refractivity contribution in [3.8, 4) is 0 Å². The number of furan rings is 1. The zero-order chi connectivity index (χ0) is 14.2. The molecule has 3 heterocycles. The van der Waals surface area contributed by atoms with Crippen LogP contribution in [-0.4, -0.2) is 17.0 Å². The first-order valence-electron chi connectivity index (χ1n) is 7.31. The molecule has 0 aromatic carbocycles. The maximum Gasteiger partial charge on any atom is 0.141 e. The second kappa shape index (κ2) is 5.15. The highest BCUT2D eigenvalue weighted by Gasteiger charge is 2.21. The SMILES string of the molecule is CN(Cc1ccco1)c1ncnc2sc3c(c12)CCCC3. The smallest absolute Gasteiger partial charge is 0.141 e. The molecule has 108 valence electrons. The minimum Gasteiger partial charge on any atom is -0.467 e. The fraction of sp³-hybridized carbons (Fsp3) is 0.375. The molecule has 0 radical (unpaired) electrons. The molecule has 4 nitrogen and oxygen atoms in total. The first-order chi connectivity index (χ1) is 10.3. The van der Waals surface area contributed by atoms with Crippen LogP contribution in [-0.2, 0) is 19.4 Å². The number of anilines is 1. The third-order valence-corrected chi connectivity index (χ3v) is 5.27. The minimum absolute atomic E-state index is 0.726. The van der Waals surface area contributed by atoms with Crippen molar-refractivity contribution in [1.29, 1.82) is 0 Å². The van der Waals surface area contributed by atoms with E-state index in [9.17, 15) is 0 Å². The van der Waals surface area contributed by atoms with Crippen LogP contribution in [0.5, 0.6) is 0 Å². The minimum atomic E-state index is 0.726. The molecular formula is C16H17N3OS. The van der Waals surface area contributed by atoms with E-state index in [-0.39, 0.29) is 0 Å². The number of rotatable bonds is 3. The maximum absolute atomic E-state index is 5.45. The second-order valence-corrected chi connectivity index (χ2v) is 6.61. The molecule has 0 unspecified atom stereocenters. The summed E-state index contributed by atoms with van der Waals surface area (Å²) in [4.78, 5) is 13.8. The molecule has 0 atom stereocenters. The van der Waals surface area contributed by atoms with E-state index in [0.29, 0.717) is 0 Å². The van der Waals surface area contributed by atoms with Crippen LogP contribution in [0.3, 0.4) is 0 Å². The Morgan fingerprint density at radius 2 is 2.19 bits per heavy atom. The van der Waals surface area contributed by atoms with E-state index in [2.05, 4.69) is 21.9 Å². The van der Waals surface area contributed by atoms with Crippen LogP contribution >= 0.6 is 11.3 Å². The predicted molar refractivity (Wildman–Crippen MR) is 84.9 cm³/mol. The Bertz CT molecular complexity index is 763. The Kier molecular flexibility index (Phi) is 3.15. The lowest BCUT2D eigenvalue weighted by Gasteiger charge is -2.19. The van der Waals surface area contributed by atoms with Gasteiger partial charge in [0.25, 0.3) is 0 Å². The molecule has 1 aliphatic rings. The highest BCUT2D eigenvalue weighted by atomic mass is 32.1. The molecule has 3 aromatic rings. The molecule has 5 heteroatoms. The number of thiophene rings is 1. The van der Waals surface area contributed by atoms with Crippen molar-refractivity contribution >= 4 is 27.4 Å². The summed E-state index contributed by atoms with van der Waals surface area (Å²) in [7, 11) is 2.07. The van der Waals surface area contributed by atoms with Gasteiger partial charge in [0.2, 0.25) is 0 Å². The van der Waals surface area contributed by atoms with Crippen molar-refractivity contribution in [2.45, 2.75) is 32.2 Å². The lowest BCUT2D eigenvalue weighted by molar-refractivity contribution is 0.507. The van der Waals surface area contributed by atoms with Gasteiger partial charge < -0.3 is 9.32 Å². The van der Waals surface area contributed by atoms with Gasteiger partial charge in [-0.3, -0.25) is 0 Å². The van der Waals surface area contributed by atoms with E-state index in [1.807, 2.05) is 23.5 Å². The molecule has 21 heavy (non-hydrogen) atoms. The maximum atomic E-state index is 5.45. The van der Waals surface area contributed by atoms with E-state index in [4.69, 9.17) is 4.42 Å². The highest BCUT2D eigenvalue weighted by molar-refractivity contribution is 7.19. The number of aryl methyl sites for hydroxylation is 2. The fourth-order valence-electron chi connectivity index (χ4n) is 3.07. The molecule has 4 rings (SSSR count). The third-order valence-electron chi connectivity index (χ3n) is 4.07. The van der Waals surface area contributed by atoms with E-state index >= 15 is 0 Å². The summed E-state index contributed by atoms with van der Waals surface area (Å²) in [6.07, 6.45) is 8.31. The molecule has 0 saturated heterocycles. The van der Waals surface area contributed by atoms with Crippen LogP contribution in [0.25, 0.3) is 10.2 Å². The van der Waals surface area contributed by atoms with Gasteiger partial charge in [0.15, 0.2) is 0 Å². The van der Waals surface area contributed by atoms with Crippen LogP contribution in [0, 0.1) is 0 Å². The van der Waals surface area contributed by atoms with Gasteiger partial charge in [-0.25, -0.2) is 9.97 Å². The number of nitrogens with zero attached hydrogens (tertiary/aromatic N) is 3. The Labute approximate surface area is 127 Å². The molecular weight excluding hydrogens is 282 g/mol. The van der Waals surface area contributed by atoms with Crippen molar-refractivity contribution in [1.82, 2.24) is 9.97 Å². The third kappa shape index (κ3) is 2.21. The summed E-state index contributed by atoms with van der Waals surface area (Å²) in [5, 5.41) is 1.26. The molecule has 1 aliphatic carbocycles. The number of fused-ring (bicyclic) bond motifs is 3. The summed E-state index contributed by atoms with van der Waals surface area (Å²) in [5.74, 6) is 1.98. The molecule has 0 amide bonds. The van der Waals surface area contributed by atoms with Gasteiger partial charge in [0.1, 0.15) is 22.7 Å². The van der Waals surface area contributed by atoms with Crippen LogP contribution in [0.4, 0.5) is 5.82 Å². The summed E-state index contributed by atoms with van der Waals surface area (Å²) < 4.78 is 5.45. The lowest BCUT2D eigenvalue weighted by Crippen LogP contribution is -2.18. The Morgan fingerprint density at radius 1 is 1.29 bits per heavy atom. The zero-order valence-electron chi connectivity index (χ0n) is 12.0. The summed E-state index contributed by atoms with van der Waals surface area (Å²) in [5.41, 5.74) is 1.48. The average molecular weight is 299 g/mol. The van der Waals surface area contributed by atoms with E-state index in [1.165, 1.54) is 35.1 Å². The van der Waals surface area contributed by atoms with Gasteiger partial charge in [-0.15, -0.1) is 11.3 Å². The fourth-order valence-corrected chi connectivity index (χ4v) is 4.30. The monoisotopic (exact) mass is 299 g/mol. The number of aromatic nitrogens is 2. The summed E-state index contributed by atoms with van der Waals surface area (Å²) in [6, 6.07) is 3.92. The van der Waals surface area contributed by atoms with Crippen molar-refractivity contribution in [3.63, 3.8) is 0 Å². The van der Waals surface area contributed by atoms with Crippen LogP contribution in [0.15, 0.2) is 29.1 Å². The van der Waals surface area contributed by atoms with Gasteiger partial charge in [-0.05, 0) is 43.4 Å². The summed E-state index contributed by atoms with van der Waals surface area (Å²) in [6.45, 7) is 0.726. The van der Waals surface area contributed by atoms with E-state index < -0.39 is 0 Å². The molecule has 0 bridgehead atoms. The molecule has 0 aliphatic heterocycles. The second-order valence-electron chi connectivity index (χ2n) is 5.52. The van der Waals surface area contributed by atoms with E-state index in [0.717, 1.165) is 29.4 Å². The molecule has 0 fully saturated rings. The normalized spacial score (nSPS) is 14.3. The van der Waals surface area contributed by atoms with Gasteiger partial charge in [-0.2, -0.15) is 0 Å². The molecule has 0 N–H and O–H groups in total. The topological polar surface area (TPSA) is 42.2 Å². The standard InChI is InChI=1S/C16H17N3OS/c1-19(9-11-5-4-8-20-11)15-14-12-6-2-3-7-13(12)21-16(14)18-10-17-15/h4-5,8,10H,2-3,6-7,9H2,1H3. The first-order valence-corrected chi connectivity index (χ1v) is 8.13. The van der Waals surface area contributed by atoms with Crippen molar-refractivity contribution in [3.05, 3.63) is 40.9 Å². The average Bonchev–Trinajstić information content (AvgIpc) is 3.13. The predicted octanol–water partition coefficient (Wildman–Crippen LogP) is 3.80. The quantitative estimate of drug-likeness (QED) is 0.737. The number of hydrogen-bond donors (Lipinski definition) is 0. The van der Waals surface area contributed by atoms with Gasteiger partial charge >= 0.3 is 0 Å². The van der Waals surface area contributed by atoms with Crippen molar-refractivity contribution < 1.29 is 4.42 Å². The molecule has 0 spiro atoms. The Balaban J connectivity index is 1.79. The van der Waals surface area contributed by atoms with Crippen molar-refractivity contribution in [2.75, 3.05) is 11.9 Å². The van der Waals surface area contributed by atoms with Gasteiger partial charge in [0, 0.05) is 11.9 Å². The Morgan fingerprint density at radius 3 is 3.05 bits per heavy atom. The van der Waals surface area contributed by atoms with Gasteiger partial charge in [0.05, 0.1) is 18.2 Å². The van der Waals surface area contributed by atoms with E-state index in [1.54, 1.807) is 12.6 Å².